The Kier molecular flexibility index (Phi) is 4.11. The third kappa shape index (κ3) is 2.57. The maximum absolute atomic E-state index is 11.7. The average molecular weight is 260 g/mol. The summed E-state index contributed by atoms with van der Waals surface area (Å²) < 4.78 is 4.64. The number of ether oxygens (including phenoxy) is 1. The molecule has 1 aliphatic rings. The van der Waals surface area contributed by atoms with Crippen LogP contribution in [0.3, 0.4) is 0 Å². The second-order valence-corrected chi connectivity index (χ2v) is 4.30. The predicted octanol–water partition coefficient (Wildman–Crippen LogP) is 0.295. The molecule has 8 heteroatoms. The van der Waals surface area contributed by atoms with Gasteiger partial charge in [0.05, 0.1) is 6.61 Å². The molecular weight excluding hydrogens is 248 g/mol. The minimum absolute atomic E-state index is 0.158. The molecule has 0 atom stereocenters. The highest BCUT2D eigenvalue weighted by Gasteiger charge is 2.44. The smallest absolute Gasteiger partial charge is 0.368 e. The summed E-state index contributed by atoms with van der Waals surface area (Å²) in [6, 6.07) is -0.708. The summed E-state index contributed by atoms with van der Waals surface area (Å²) in [4.78, 5) is 47.5. The van der Waals surface area contributed by atoms with Gasteiger partial charge in [-0.25, -0.2) is 9.59 Å². The molecule has 1 aliphatic heterocycles. The van der Waals surface area contributed by atoms with Crippen LogP contribution >= 0.6 is 11.8 Å². The Hall–Kier alpha value is -1.57. The van der Waals surface area contributed by atoms with Crippen molar-refractivity contribution < 1.29 is 23.9 Å². The number of hydrogen-bond acceptors (Lipinski definition) is 6. The van der Waals surface area contributed by atoms with E-state index in [0.29, 0.717) is 11.8 Å². The van der Waals surface area contributed by atoms with Crippen LogP contribution in [0.15, 0.2) is 0 Å². The lowest BCUT2D eigenvalue weighted by Crippen LogP contribution is -2.58. The first kappa shape index (κ1) is 13.5. The molecule has 7 nitrogen and oxygen atoms in total. The Morgan fingerprint density at radius 2 is 1.71 bits per heavy atom. The molecule has 1 heterocycles. The summed E-state index contributed by atoms with van der Waals surface area (Å²) in [6.45, 7) is 1.77. The molecule has 0 unspecified atom stereocenters. The number of barbiturate groups is 1. The number of urea groups is 1. The van der Waals surface area contributed by atoms with Crippen molar-refractivity contribution in [1.82, 2.24) is 9.80 Å². The van der Waals surface area contributed by atoms with E-state index in [1.54, 1.807) is 6.92 Å². The molecular formula is C9H12N2O5S. The summed E-state index contributed by atoms with van der Waals surface area (Å²) in [5.41, 5.74) is 0. The van der Waals surface area contributed by atoms with Crippen LogP contribution in [0.2, 0.25) is 0 Å². The second-order valence-electron chi connectivity index (χ2n) is 3.26. The van der Waals surface area contributed by atoms with Gasteiger partial charge in [-0.15, -0.1) is 0 Å². The largest absolute Gasteiger partial charge is 0.458 e. The van der Waals surface area contributed by atoms with E-state index >= 15 is 0 Å². The molecule has 0 aromatic rings. The van der Waals surface area contributed by atoms with E-state index in [-0.39, 0.29) is 6.61 Å². The molecule has 1 rings (SSSR count). The van der Waals surface area contributed by atoms with Crippen molar-refractivity contribution in [3.8, 4) is 0 Å². The minimum atomic E-state index is -1.25. The van der Waals surface area contributed by atoms with E-state index in [0.717, 1.165) is 9.80 Å². The molecule has 4 amide bonds. The maximum atomic E-state index is 11.7. The fraction of sp³-hybridized carbons (Fsp3) is 0.556. The fourth-order valence-corrected chi connectivity index (χ4v) is 2.12. The second kappa shape index (κ2) is 5.17. The monoisotopic (exact) mass is 260 g/mol. The first-order valence-electron chi connectivity index (χ1n) is 4.82. The van der Waals surface area contributed by atoms with Crippen molar-refractivity contribution in [1.29, 1.82) is 0 Å². The molecule has 0 aliphatic carbocycles. The fourth-order valence-electron chi connectivity index (χ4n) is 1.22. The van der Waals surface area contributed by atoms with Gasteiger partial charge in [0.2, 0.25) is 0 Å². The van der Waals surface area contributed by atoms with Crippen LogP contribution in [0, 0.1) is 0 Å². The molecule has 0 spiro atoms. The lowest BCUT2D eigenvalue weighted by molar-refractivity contribution is -0.139. The van der Waals surface area contributed by atoms with Crippen LogP contribution < -0.4 is 0 Å². The van der Waals surface area contributed by atoms with Gasteiger partial charge in [-0.05, 0) is 18.7 Å². The number of carbonyl (C=O) groups excluding carboxylic acids is 4. The molecule has 0 aromatic carbocycles. The summed E-state index contributed by atoms with van der Waals surface area (Å²) in [5.74, 6) is -1.42. The van der Waals surface area contributed by atoms with Gasteiger partial charge in [0.1, 0.15) is 0 Å². The predicted molar refractivity (Wildman–Crippen MR) is 59.3 cm³/mol. The van der Waals surface area contributed by atoms with Crippen molar-refractivity contribution in [2.75, 3.05) is 20.7 Å². The van der Waals surface area contributed by atoms with Crippen molar-refractivity contribution in [2.24, 2.45) is 0 Å². The van der Waals surface area contributed by atoms with Crippen molar-refractivity contribution in [3.05, 3.63) is 0 Å². The van der Waals surface area contributed by atoms with E-state index in [4.69, 9.17) is 0 Å². The van der Waals surface area contributed by atoms with E-state index in [9.17, 15) is 19.2 Å². The van der Waals surface area contributed by atoms with Crippen LogP contribution in [0.4, 0.5) is 9.59 Å². The molecule has 0 saturated carbocycles. The van der Waals surface area contributed by atoms with Crippen molar-refractivity contribution in [3.63, 3.8) is 0 Å². The van der Waals surface area contributed by atoms with Crippen LogP contribution in [-0.2, 0) is 14.3 Å². The molecule has 17 heavy (non-hydrogen) atoms. The van der Waals surface area contributed by atoms with E-state index in [1.165, 1.54) is 14.1 Å². The van der Waals surface area contributed by atoms with Crippen LogP contribution in [-0.4, -0.2) is 58.9 Å². The van der Waals surface area contributed by atoms with Crippen molar-refractivity contribution in [2.45, 2.75) is 12.2 Å². The normalized spacial score (nSPS) is 17.7. The highest BCUT2D eigenvalue weighted by Crippen LogP contribution is 2.22. The number of nitrogens with zero attached hydrogens (tertiary/aromatic N) is 2. The van der Waals surface area contributed by atoms with Gasteiger partial charge in [0.15, 0.2) is 5.25 Å². The molecule has 94 valence electrons. The molecule has 0 radical (unpaired) electrons. The first-order chi connectivity index (χ1) is 7.90. The van der Waals surface area contributed by atoms with Gasteiger partial charge in [-0.1, -0.05) is 0 Å². The van der Waals surface area contributed by atoms with Crippen LogP contribution in [0.5, 0.6) is 0 Å². The Morgan fingerprint density at radius 1 is 1.24 bits per heavy atom. The van der Waals surface area contributed by atoms with Gasteiger partial charge < -0.3 is 4.74 Å². The van der Waals surface area contributed by atoms with E-state index in [2.05, 4.69) is 4.74 Å². The number of hydrogen-bond donors (Lipinski definition) is 0. The summed E-state index contributed by atoms with van der Waals surface area (Å²) in [5, 5.41) is -1.96. The standard InChI is InChI=1S/C9H12N2O5S/c1-4-16-9(15)17-5-6(12)10(2)8(14)11(3)7(5)13/h5H,4H2,1-3H3. The van der Waals surface area contributed by atoms with Crippen molar-refractivity contribution >= 4 is 34.9 Å². The molecule has 0 bridgehead atoms. The topological polar surface area (TPSA) is 84.0 Å². The quantitative estimate of drug-likeness (QED) is 0.524. The Balaban J connectivity index is 2.83. The zero-order valence-electron chi connectivity index (χ0n) is 9.63. The third-order valence-corrected chi connectivity index (χ3v) is 3.11. The summed E-state index contributed by atoms with van der Waals surface area (Å²) in [6.07, 6.45) is 0. The average Bonchev–Trinajstić information content (AvgIpc) is 2.30. The number of imide groups is 2. The third-order valence-electron chi connectivity index (χ3n) is 2.16. The lowest BCUT2D eigenvalue weighted by Gasteiger charge is -2.31. The van der Waals surface area contributed by atoms with Gasteiger partial charge in [-0.3, -0.25) is 19.4 Å². The highest BCUT2D eigenvalue weighted by molar-refractivity contribution is 8.15. The summed E-state index contributed by atoms with van der Waals surface area (Å²) >= 11 is 0.475. The maximum Gasteiger partial charge on any atom is 0.368 e. The Bertz CT molecular complexity index is 360. The minimum Gasteiger partial charge on any atom is -0.458 e. The molecule has 1 saturated heterocycles. The lowest BCUT2D eigenvalue weighted by atomic mass is 10.3. The zero-order valence-corrected chi connectivity index (χ0v) is 10.4. The van der Waals surface area contributed by atoms with Crippen LogP contribution in [0.25, 0.3) is 0 Å². The van der Waals surface area contributed by atoms with E-state index in [1.807, 2.05) is 0 Å². The Labute approximate surface area is 102 Å². The van der Waals surface area contributed by atoms with Gasteiger partial charge in [-0.2, -0.15) is 0 Å². The molecule has 0 aromatic heterocycles. The SMILES string of the molecule is CCOC(=O)SC1C(=O)N(C)C(=O)N(C)C1=O. The molecule has 1 fully saturated rings. The highest BCUT2D eigenvalue weighted by atomic mass is 32.2. The summed E-state index contributed by atoms with van der Waals surface area (Å²) in [7, 11) is 2.51. The number of amides is 4. The van der Waals surface area contributed by atoms with E-state index < -0.39 is 28.4 Å². The zero-order chi connectivity index (χ0) is 13.2. The molecule has 0 N–H and O–H groups in total. The number of carbonyl (C=O) groups is 4. The first-order valence-corrected chi connectivity index (χ1v) is 5.70. The Morgan fingerprint density at radius 3 is 2.12 bits per heavy atom. The number of thioether (sulfide) groups is 1. The van der Waals surface area contributed by atoms with Gasteiger partial charge in [0, 0.05) is 14.1 Å². The van der Waals surface area contributed by atoms with Gasteiger partial charge in [0.25, 0.3) is 11.8 Å². The van der Waals surface area contributed by atoms with Gasteiger partial charge >= 0.3 is 11.3 Å². The van der Waals surface area contributed by atoms with Crippen LogP contribution in [0.1, 0.15) is 6.92 Å². The number of rotatable bonds is 2.